The van der Waals surface area contributed by atoms with Crippen LogP contribution in [0.4, 0.5) is 0 Å². The average Bonchev–Trinajstić information content (AvgIpc) is 3.00. The van der Waals surface area contributed by atoms with Gasteiger partial charge in [0.15, 0.2) is 11.5 Å². The van der Waals surface area contributed by atoms with Gasteiger partial charge in [-0.1, -0.05) is 0 Å². The lowest BCUT2D eigenvalue weighted by Crippen LogP contribution is -2.21. The van der Waals surface area contributed by atoms with Crippen molar-refractivity contribution in [3.63, 3.8) is 0 Å². The molecule has 2 heterocycles. The van der Waals surface area contributed by atoms with Crippen LogP contribution in [0.5, 0.6) is 11.5 Å². The number of fused-ring (bicyclic) bond motifs is 1. The van der Waals surface area contributed by atoms with E-state index in [1.165, 1.54) is 16.7 Å². The molecular formula is C15H22N2O2. The second kappa shape index (κ2) is 4.69. The van der Waals surface area contributed by atoms with Crippen LogP contribution in [-0.4, -0.2) is 31.8 Å². The molecule has 0 saturated carbocycles. The molecular weight excluding hydrogens is 240 g/mol. The molecule has 4 nitrogen and oxygen atoms in total. The number of nitrogens with zero attached hydrogens (tertiary/aromatic N) is 1. The minimum absolute atomic E-state index is 0.338. The van der Waals surface area contributed by atoms with Gasteiger partial charge in [-0.25, -0.2) is 0 Å². The minimum Gasteiger partial charge on any atom is -0.454 e. The maximum Gasteiger partial charge on any atom is 0.231 e. The Morgan fingerprint density at radius 2 is 2.11 bits per heavy atom. The number of benzene rings is 1. The van der Waals surface area contributed by atoms with Gasteiger partial charge in [0.1, 0.15) is 0 Å². The van der Waals surface area contributed by atoms with Crippen LogP contribution >= 0.6 is 0 Å². The summed E-state index contributed by atoms with van der Waals surface area (Å²) in [5.41, 5.74) is 9.71. The van der Waals surface area contributed by atoms with Gasteiger partial charge in [0.05, 0.1) is 0 Å². The average molecular weight is 262 g/mol. The Kier molecular flexibility index (Phi) is 3.15. The first-order chi connectivity index (χ1) is 9.11. The zero-order valence-corrected chi connectivity index (χ0v) is 11.9. The van der Waals surface area contributed by atoms with E-state index < -0.39 is 0 Å². The Balaban J connectivity index is 2.00. The highest BCUT2D eigenvalue weighted by atomic mass is 16.7. The Morgan fingerprint density at radius 1 is 1.32 bits per heavy atom. The van der Waals surface area contributed by atoms with E-state index in [1.807, 2.05) is 0 Å². The quantitative estimate of drug-likeness (QED) is 0.885. The standard InChI is InChI=1S/C15H22N2O2/c1-9-10(2)15-14(18-8-19-15)5-12(9)13-4-11(6-16)7-17(13)3/h5,11,13H,4,6-8,16H2,1-3H3. The van der Waals surface area contributed by atoms with E-state index in [-0.39, 0.29) is 0 Å². The molecule has 0 radical (unpaired) electrons. The SMILES string of the molecule is Cc1c(C2CC(CN)CN2C)cc2c(c1C)OCO2. The zero-order valence-electron chi connectivity index (χ0n) is 11.9. The third-order valence-electron chi connectivity index (χ3n) is 4.59. The second-order valence-electron chi connectivity index (χ2n) is 5.74. The highest BCUT2D eigenvalue weighted by Crippen LogP contribution is 2.44. The van der Waals surface area contributed by atoms with Crippen LogP contribution in [0.15, 0.2) is 6.07 Å². The number of likely N-dealkylation sites (tertiary alicyclic amines) is 1. The van der Waals surface area contributed by atoms with Crippen LogP contribution in [0.2, 0.25) is 0 Å². The molecule has 1 saturated heterocycles. The van der Waals surface area contributed by atoms with Crippen LogP contribution in [0, 0.1) is 19.8 Å². The van der Waals surface area contributed by atoms with E-state index in [0.717, 1.165) is 31.0 Å². The highest BCUT2D eigenvalue weighted by Gasteiger charge is 2.32. The third-order valence-corrected chi connectivity index (χ3v) is 4.59. The van der Waals surface area contributed by atoms with Crippen molar-refractivity contribution in [1.29, 1.82) is 0 Å². The minimum atomic E-state index is 0.338. The smallest absolute Gasteiger partial charge is 0.231 e. The van der Waals surface area contributed by atoms with Crippen LogP contribution in [0.1, 0.15) is 29.2 Å². The van der Waals surface area contributed by atoms with Gasteiger partial charge >= 0.3 is 0 Å². The molecule has 0 bridgehead atoms. The first kappa shape index (κ1) is 12.8. The molecule has 1 aromatic carbocycles. The van der Waals surface area contributed by atoms with E-state index in [1.54, 1.807) is 0 Å². The topological polar surface area (TPSA) is 47.7 Å². The number of ether oxygens (including phenoxy) is 2. The molecule has 0 aromatic heterocycles. The predicted molar refractivity (Wildman–Crippen MR) is 74.6 cm³/mol. The summed E-state index contributed by atoms with van der Waals surface area (Å²) < 4.78 is 11.1. The maximum absolute atomic E-state index is 5.82. The van der Waals surface area contributed by atoms with Crippen LogP contribution in [0.25, 0.3) is 0 Å². The summed E-state index contributed by atoms with van der Waals surface area (Å²) in [5, 5.41) is 0. The van der Waals surface area contributed by atoms with Crippen molar-refractivity contribution in [1.82, 2.24) is 4.90 Å². The van der Waals surface area contributed by atoms with Crippen molar-refractivity contribution in [2.45, 2.75) is 26.3 Å². The molecule has 4 heteroatoms. The van der Waals surface area contributed by atoms with E-state index in [2.05, 4.69) is 31.9 Å². The first-order valence-corrected chi connectivity index (χ1v) is 6.91. The van der Waals surface area contributed by atoms with Crippen LogP contribution in [0.3, 0.4) is 0 Å². The summed E-state index contributed by atoms with van der Waals surface area (Å²) in [7, 11) is 2.18. The number of nitrogens with two attached hydrogens (primary N) is 1. The molecule has 104 valence electrons. The third kappa shape index (κ3) is 1.99. The summed E-state index contributed by atoms with van der Waals surface area (Å²) in [6.45, 7) is 6.47. The summed E-state index contributed by atoms with van der Waals surface area (Å²) in [6.07, 6.45) is 1.13. The Bertz CT molecular complexity index is 501. The molecule has 1 aromatic rings. The van der Waals surface area contributed by atoms with Crippen molar-refractivity contribution < 1.29 is 9.47 Å². The molecule has 2 atom stereocenters. The molecule has 2 aliphatic heterocycles. The fourth-order valence-corrected chi connectivity index (χ4v) is 3.31. The van der Waals surface area contributed by atoms with Crippen molar-refractivity contribution in [3.05, 3.63) is 22.8 Å². The summed E-state index contributed by atoms with van der Waals surface area (Å²) in [6, 6.07) is 2.60. The summed E-state index contributed by atoms with van der Waals surface area (Å²) >= 11 is 0. The Morgan fingerprint density at radius 3 is 2.79 bits per heavy atom. The lowest BCUT2D eigenvalue weighted by atomic mass is 9.93. The molecule has 3 rings (SSSR count). The fourth-order valence-electron chi connectivity index (χ4n) is 3.31. The summed E-state index contributed by atoms with van der Waals surface area (Å²) in [5.74, 6) is 2.40. The van der Waals surface area contributed by atoms with E-state index in [4.69, 9.17) is 15.2 Å². The van der Waals surface area contributed by atoms with E-state index in [9.17, 15) is 0 Å². The lowest BCUT2D eigenvalue weighted by molar-refractivity contribution is 0.173. The molecule has 2 N–H and O–H groups in total. The van der Waals surface area contributed by atoms with Crippen molar-refractivity contribution in [2.75, 3.05) is 26.9 Å². The predicted octanol–water partition coefficient (Wildman–Crippen LogP) is 1.98. The van der Waals surface area contributed by atoms with Gasteiger partial charge in [-0.2, -0.15) is 0 Å². The molecule has 2 aliphatic rings. The Labute approximate surface area is 114 Å². The monoisotopic (exact) mass is 262 g/mol. The van der Waals surface area contributed by atoms with E-state index in [0.29, 0.717) is 18.8 Å². The van der Waals surface area contributed by atoms with Gasteiger partial charge in [-0.3, -0.25) is 4.90 Å². The van der Waals surface area contributed by atoms with Gasteiger partial charge in [0.25, 0.3) is 0 Å². The van der Waals surface area contributed by atoms with Crippen molar-refractivity contribution in [2.24, 2.45) is 11.7 Å². The van der Waals surface area contributed by atoms with Gasteiger partial charge in [-0.05, 0) is 62.5 Å². The van der Waals surface area contributed by atoms with Crippen LogP contribution < -0.4 is 15.2 Å². The van der Waals surface area contributed by atoms with Gasteiger partial charge in [-0.15, -0.1) is 0 Å². The van der Waals surface area contributed by atoms with Gasteiger partial charge in [0.2, 0.25) is 6.79 Å². The maximum atomic E-state index is 5.82. The number of rotatable bonds is 2. The second-order valence-corrected chi connectivity index (χ2v) is 5.74. The molecule has 2 unspecified atom stereocenters. The van der Waals surface area contributed by atoms with E-state index >= 15 is 0 Å². The molecule has 0 spiro atoms. The van der Waals surface area contributed by atoms with Gasteiger partial charge < -0.3 is 15.2 Å². The van der Waals surface area contributed by atoms with Gasteiger partial charge in [0, 0.05) is 12.6 Å². The molecule has 0 aliphatic carbocycles. The highest BCUT2D eigenvalue weighted by molar-refractivity contribution is 5.55. The largest absolute Gasteiger partial charge is 0.454 e. The van der Waals surface area contributed by atoms with Crippen molar-refractivity contribution in [3.8, 4) is 11.5 Å². The first-order valence-electron chi connectivity index (χ1n) is 6.91. The van der Waals surface area contributed by atoms with Crippen LogP contribution in [-0.2, 0) is 0 Å². The number of hydrogen-bond acceptors (Lipinski definition) is 4. The lowest BCUT2D eigenvalue weighted by Gasteiger charge is -2.23. The van der Waals surface area contributed by atoms with Crippen molar-refractivity contribution >= 4 is 0 Å². The number of hydrogen-bond donors (Lipinski definition) is 1. The molecule has 19 heavy (non-hydrogen) atoms. The zero-order chi connectivity index (χ0) is 13.6. The normalized spacial score (nSPS) is 26.1. The molecule has 1 fully saturated rings. The molecule has 0 amide bonds. The fraction of sp³-hybridized carbons (Fsp3) is 0.600. The Hall–Kier alpha value is -1.26. The summed E-state index contributed by atoms with van der Waals surface area (Å²) in [4.78, 5) is 2.40.